The van der Waals surface area contributed by atoms with Crippen LogP contribution in [0.25, 0.3) is 0 Å². The molecule has 1 N–H and O–H groups in total. The molecule has 6 nitrogen and oxygen atoms in total. The van der Waals surface area contributed by atoms with Gasteiger partial charge >= 0.3 is 0 Å². The second-order valence-corrected chi connectivity index (χ2v) is 9.19. The first-order valence-corrected chi connectivity index (χ1v) is 10.1. The first-order chi connectivity index (χ1) is 12.1. The van der Waals surface area contributed by atoms with Gasteiger partial charge < -0.3 is 9.32 Å². The summed E-state index contributed by atoms with van der Waals surface area (Å²) in [6.07, 6.45) is 2.04. The predicted octanol–water partition coefficient (Wildman–Crippen LogP) is 2.83. The molecule has 0 unspecified atom stereocenters. The first-order valence-electron chi connectivity index (χ1n) is 8.57. The molecule has 2 aromatic rings. The molecule has 1 amide bonds. The molecule has 0 bridgehead atoms. The van der Waals surface area contributed by atoms with Crippen molar-refractivity contribution in [2.45, 2.75) is 50.5 Å². The normalized spacial score (nSPS) is 17.2. The molecular formula is C19H24N2O4S. The van der Waals surface area contributed by atoms with Crippen LogP contribution in [0.3, 0.4) is 0 Å². The summed E-state index contributed by atoms with van der Waals surface area (Å²) in [6, 6.07) is 8.25. The van der Waals surface area contributed by atoms with Crippen LogP contribution in [0, 0.1) is 0 Å². The molecule has 1 aliphatic heterocycles. The number of hydrogen-bond donors (Lipinski definition) is 1. The number of rotatable bonds is 5. The van der Waals surface area contributed by atoms with E-state index in [9.17, 15) is 13.2 Å². The Bertz CT molecular complexity index is 917. The zero-order chi connectivity index (χ0) is 19.1. The Kier molecular flexibility index (Phi) is 4.71. The number of amides is 1. The van der Waals surface area contributed by atoms with E-state index in [1.54, 1.807) is 42.4 Å². The largest absolute Gasteiger partial charge is 0.469 e. The quantitative estimate of drug-likeness (QED) is 0.870. The third-order valence-electron chi connectivity index (χ3n) is 4.68. The van der Waals surface area contributed by atoms with E-state index in [1.807, 2.05) is 19.9 Å². The van der Waals surface area contributed by atoms with Crippen molar-refractivity contribution in [3.05, 3.63) is 47.9 Å². The van der Waals surface area contributed by atoms with Crippen molar-refractivity contribution in [2.75, 3.05) is 11.4 Å². The molecule has 2 heterocycles. The number of fused-ring (bicyclic) bond motifs is 1. The van der Waals surface area contributed by atoms with Crippen LogP contribution in [-0.4, -0.2) is 26.9 Å². The Hall–Kier alpha value is -2.12. The van der Waals surface area contributed by atoms with Crippen molar-refractivity contribution < 1.29 is 17.6 Å². The highest BCUT2D eigenvalue weighted by Gasteiger charge is 2.37. The number of benzene rings is 1. The SMILES string of the molecule is CC(=O)N1CC(C)(C)c2cc(S(=O)(=O)N[C@@H](C)Cc3ccco3)ccc21. The van der Waals surface area contributed by atoms with Gasteiger partial charge in [0.1, 0.15) is 5.76 Å². The lowest BCUT2D eigenvalue weighted by Gasteiger charge is -2.19. The molecule has 3 rings (SSSR count). The van der Waals surface area contributed by atoms with Crippen molar-refractivity contribution >= 4 is 21.6 Å². The highest BCUT2D eigenvalue weighted by molar-refractivity contribution is 7.89. The molecule has 140 valence electrons. The van der Waals surface area contributed by atoms with Gasteiger partial charge in [0.05, 0.1) is 11.2 Å². The molecule has 1 aliphatic rings. The Morgan fingerprint density at radius 3 is 2.69 bits per heavy atom. The molecule has 0 fully saturated rings. The van der Waals surface area contributed by atoms with Crippen LogP contribution in [0.1, 0.15) is 39.0 Å². The first kappa shape index (κ1) is 18.7. The van der Waals surface area contributed by atoms with E-state index in [-0.39, 0.29) is 22.3 Å². The van der Waals surface area contributed by atoms with Crippen molar-refractivity contribution in [1.29, 1.82) is 0 Å². The van der Waals surface area contributed by atoms with Crippen LogP contribution in [-0.2, 0) is 26.7 Å². The van der Waals surface area contributed by atoms with E-state index in [1.165, 1.54) is 6.92 Å². The Balaban J connectivity index is 1.86. The second kappa shape index (κ2) is 6.55. The van der Waals surface area contributed by atoms with Crippen LogP contribution < -0.4 is 9.62 Å². The number of hydrogen-bond acceptors (Lipinski definition) is 4. The van der Waals surface area contributed by atoms with Gasteiger partial charge in [-0.2, -0.15) is 0 Å². The van der Waals surface area contributed by atoms with E-state index in [0.717, 1.165) is 17.0 Å². The summed E-state index contributed by atoms with van der Waals surface area (Å²) in [5, 5.41) is 0. The zero-order valence-electron chi connectivity index (χ0n) is 15.4. The molecule has 0 saturated heterocycles. The third-order valence-corrected chi connectivity index (χ3v) is 6.26. The topological polar surface area (TPSA) is 79.6 Å². The fourth-order valence-electron chi connectivity index (χ4n) is 3.41. The molecule has 0 radical (unpaired) electrons. The lowest BCUT2D eigenvalue weighted by molar-refractivity contribution is -0.116. The minimum atomic E-state index is -3.67. The number of furan rings is 1. The van der Waals surface area contributed by atoms with Crippen molar-refractivity contribution in [1.82, 2.24) is 4.72 Å². The smallest absolute Gasteiger partial charge is 0.240 e. The van der Waals surface area contributed by atoms with Crippen molar-refractivity contribution in [3.63, 3.8) is 0 Å². The molecule has 0 aliphatic carbocycles. The minimum absolute atomic E-state index is 0.0439. The maximum atomic E-state index is 12.8. The van der Waals surface area contributed by atoms with E-state index in [2.05, 4.69) is 4.72 Å². The van der Waals surface area contributed by atoms with Gasteiger partial charge in [0.15, 0.2) is 0 Å². The van der Waals surface area contributed by atoms with Crippen molar-refractivity contribution in [2.24, 2.45) is 0 Å². The highest BCUT2D eigenvalue weighted by Crippen LogP contribution is 2.41. The summed E-state index contributed by atoms with van der Waals surface area (Å²) in [5.41, 5.74) is 1.35. The standard InChI is InChI=1S/C19H24N2O4S/c1-13(10-15-6-5-9-25-15)20-26(23,24)16-7-8-18-17(11-16)19(3,4)12-21(18)14(2)22/h5-9,11,13,20H,10,12H2,1-4H3/t13-/m0/s1. The number of anilines is 1. The van der Waals surface area contributed by atoms with E-state index < -0.39 is 10.0 Å². The van der Waals surface area contributed by atoms with Gasteiger partial charge in [0.25, 0.3) is 0 Å². The van der Waals surface area contributed by atoms with Gasteiger partial charge in [-0.3, -0.25) is 4.79 Å². The number of nitrogens with one attached hydrogen (secondary N) is 1. The van der Waals surface area contributed by atoms with Crippen LogP contribution in [0.4, 0.5) is 5.69 Å². The average Bonchev–Trinajstić information content (AvgIpc) is 3.12. The van der Waals surface area contributed by atoms with E-state index in [4.69, 9.17) is 4.42 Å². The fraction of sp³-hybridized carbons (Fsp3) is 0.421. The summed E-state index contributed by atoms with van der Waals surface area (Å²) >= 11 is 0. The molecule has 1 aromatic heterocycles. The maximum Gasteiger partial charge on any atom is 0.240 e. The Labute approximate surface area is 154 Å². The summed E-state index contributed by atoms with van der Waals surface area (Å²) in [7, 11) is -3.67. The molecule has 0 spiro atoms. The predicted molar refractivity (Wildman–Crippen MR) is 99.7 cm³/mol. The molecule has 0 saturated carbocycles. The van der Waals surface area contributed by atoms with Gasteiger partial charge in [0.2, 0.25) is 15.9 Å². The lowest BCUT2D eigenvalue weighted by Crippen LogP contribution is -2.34. The van der Waals surface area contributed by atoms with Gasteiger partial charge in [-0.1, -0.05) is 13.8 Å². The fourth-order valence-corrected chi connectivity index (χ4v) is 4.68. The number of carbonyl (C=O) groups is 1. The summed E-state index contributed by atoms with van der Waals surface area (Å²) in [6.45, 7) is 7.89. The van der Waals surface area contributed by atoms with Crippen molar-refractivity contribution in [3.8, 4) is 0 Å². The maximum absolute atomic E-state index is 12.8. The van der Waals surface area contributed by atoms with Crippen LogP contribution in [0.2, 0.25) is 0 Å². The van der Waals surface area contributed by atoms with Gasteiger partial charge in [0, 0.05) is 37.0 Å². The lowest BCUT2D eigenvalue weighted by atomic mass is 9.87. The molecule has 1 aromatic carbocycles. The van der Waals surface area contributed by atoms with Gasteiger partial charge in [-0.05, 0) is 42.8 Å². The number of sulfonamides is 1. The van der Waals surface area contributed by atoms with E-state index >= 15 is 0 Å². The zero-order valence-corrected chi connectivity index (χ0v) is 16.3. The molecule has 26 heavy (non-hydrogen) atoms. The highest BCUT2D eigenvalue weighted by atomic mass is 32.2. The summed E-state index contributed by atoms with van der Waals surface area (Å²) < 4.78 is 33.5. The number of carbonyl (C=O) groups excluding carboxylic acids is 1. The number of nitrogens with zero attached hydrogens (tertiary/aromatic N) is 1. The van der Waals surface area contributed by atoms with Crippen LogP contribution >= 0.6 is 0 Å². The van der Waals surface area contributed by atoms with Crippen LogP contribution in [0.5, 0.6) is 0 Å². The minimum Gasteiger partial charge on any atom is -0.469 e. The monoisotopic (exact) mass is 376 g/mol. The van der Waals surface area contributed by atoms with E-state index in [0.29, 0.717) is 13.0 Å². The summed E-state index contributed by atoms with van der Waals surface area (Å²) in [5.74, 6) is 0.685. The second-order valence-electron chi connectivity index (χ2n) is 7.47. The summed E-state index contributed by atoms with van der Waals surface area (Å²) in [4.78, 5) is 13.8. The Morgan fingerprint density at radius 2 is 2.08 bits per heavy atom. The van der Waals surface area contributed by atoms with Gasteiger partial charge in [-0.25, -0.2) is 13.1 Å². The average molecular weight is 376 g/mol. The Morgan fingerprint density at radius 1 is 1.35 bits per heavy atom. The molecule has 7 heteroatoms. The molecular weight excluding hydrogens is 352 g/mol. The van der Waals surface area contributed by atoms with Crippen LogP contribution in [0.15, 0.2) is 45.9 Å². The molecule has 1 atom stereocenters. The van der Waals surface area contributed by atoms with Gasteiger partial charge in [-0.15, -0.1) is 0 Å². The third kappa shape index (κ3) is 3.54.